The number of ether oxygens (including phenoxy) is 2. The predicted molar refractivity (Wildman–Crippen MR) is 105 cm³/mol. The second-order valence-corrected chi connectivity index (χ2v) is 6.93. The number of likely N-dealkylation sites (tertiary alicyclic amines) is 1. The Morgan fingerprint density at radius 2 is 1.79 bits per heavy atom. The lowest BCUT2D eigenvalue weighted by Gasteiger charge is -2.36. The predicted octanol–water partition coefficient (Wildman–Crippen LogP) is 2.83. The lowest BCUT2D eigenvalue weighted by atomic mass is 10.0. The van der Waals surface area contributed by atoms with Gasteiger partial charge in [0.1, 0.15) is 5.75 Å². The summed E-state index contributed by atoms with van der Waals surface area (Å²) >= 11 is 0. The molecule has 0 bridgehead atoms. The molecule has 150 valence electrons. The smallest absolute Gasteiger partial charge is 0.260 e. The third-order valence-electron chi connectivity index (χ3n) is 4.75. The maximum absolute atomic E-state index is 12.2. The Kier molecular flexibility index (Phi) is 6.16. The first-order valence-electron chi connectivity index (χ1n) is 9.68. The van der Waals surface area contributed by atoms with Crippen LogP contribution in [0.25, 0.3) is 0 Å². The average molecular weight is 393 g/mol. The zero-order valence-electron chi connectivity index (χ0n) is 16.1. The van der Waals surface area contributed by atoms with E-state index in [1.165, 1.54) is 0 Å². The van der Waals surface area contributed by atoms with E-state index in [0.29, 0.717) is 50.2 Å². The van der Waals surface area contributed by atoms with Crippen molar-refractivity contribution in [1.29, 1.82) is 0 Å². The average Bonchev–Trinajstić information content (AvgIpc) is 3.18. The Hall–Kier alpha value is -3.19. The van der Waals surface area contributed by atoms with Crippen molar-refractivity contribution < 1.29 is 18.8 Å². The molecule has 0 spiro atoms. The minimum atomic E-state index is -0.0425. The maximum Gasteiger partial charge on any atom is 0.260 e. The van der Waals surface area contributed by atoms with E-state index < -0.39 is 0 Å². The molecular formula is C22H23N3O4. The first-order chi connectivity index (χ1) is 14.3. The molecule has 0 radical (unpaired) electrons. The fourth-order valence-corrected chi connectivity index (χ4v) is 3.05. The van der Waals surface area contributed by atoms with E-state index in [0.717, 1.165) is 5.56 Å². The Morgan fingerprint density at radius 1 is 1.07 bits per heavy atom. The van der Waals surface area contributed by atoms with Gasteiger partial charge < -0.3 is 18.9 Å². The molecule has 3 aromatic rings. The van der Waals surface area contributed by atoms with E-state index in [4.69, 9.17) is 14.0 Å². The zero-order chi connectivity index (χ0) is 19.9. The van der Waals surface area contributed by atoms with E-state index in [1.54, 1.807) is 4.90 Å². The van der Waals surface area contributed by atoms with Crippen LogP contribution in [0.15, 0.2) is 65.2 Å². The van der Waals surface area contributed by atoms with Crippen molar-refractivity contribution in [3.05, 3.63) is 77.9 Å². The minimum absolute atomic E-state index is 0.0323. The molecule has 2 heterocycles. The van der Waals surface area contributed by atoms with Gasteiger partial charge in [0.05, 0.1) is 19.1 Å². The SMILES string of the molecule is O=C(COc1ccccc1)N1CC(c2nc(CCOCc3ccccc3)no2)C1. The van der Waals surface area contributed by atoms with Crippen molar-refractivity contribution >= 4 is 5.91 Å². The van der Waals surface area contributed by atoms with Crippen molar-refractivity contribution in [3.63, 3.8) is 0 Å². The van der Waals surface area contributed by atoms with Gasteiger partial charge in [0, 0.05) is 19.5 Å². The number of aromatic nitrogens is 2. The van der Waals surface area contributed by atoms with Gasteiger partial charge in [0.2, 0.25) is 5.89 Å². The van der Waals surface area contributed by atoms with Crippen LogP contribution in [0.1, 0.15) is 23.2 Å². The van der Waals surface area contributed by atoms with Gasteiger partial charge in [0.15, 0.2) is 12.4 Å². The second-order valence-electron chi connectivity index (χ2n) is 6.93. The number of para-hydroxylation sites is 1. The summed E-state index contributed by atoms with van der Waals surface area (Å²) in [6, 6.07) is 19.3. The number of rotatable bonds is 9. The normalized spacial score (nSPS) is 13.9. The number of hydrogen-bond acceptors (Lipinski definition) is 6. The molecule has 0 N–H and O–H groups in total. The van der Waals surface area contributed by atoms with Crippen LogP contribution in [-0.4, -0.2) is 47.3 Å². The number of hydrogen-bond donors (Lipinski definition) is 0. The molecule has 1 saturated heterocycles. The van der Waals surface area contributed by atoms with Crippen molar-refractivity contribution in [3.8, 4) is 5.75 Å². The van der Waals surface area contributed by atoms with Gasteiger partial charge in [-0.1, -0.05) is 53.7 Å². The lowest BCUT2D eigenvalue weighted by Crippen LogP contribution is -2.50. The summed E-state index contributed by atoms with van der Waals surface area (Å²) < 4.78 is 16.5. The Morgan fingerprint density at radius 3 is 2.55 bits per heavy atom. The van der Waals surface area contributed by atoms with Crippen LogP contribution in [0.3, 0.4) is 0 Å². The summed E-state index contributed by atoms with van der Waals surface area (Å²) in [5.41, 5.74) is 1.14. The summed E-state index contributed by atoms with van der Waals surface area (Å²) in [6.07, 6.45) is 0.594. The molecule has 2 aromatic carbocycles. The van der Waals surface area contributed by atoms with E-state index in [1.807, 2.05) is 60.7 Å². The van der Waals surface area contributed by atoms with Crippen molar-refractivity contribution in [1.82, 2.24) is 15.0 Å². The molecule has 7 nitrogen and oxygen atoms in total. The van der Waals surface area contributed by atoms with Crippen molar-refractivity contribution in [2.75, 3.05) is 26.3 Å². The van der Waals surface area contributed by atoms with Crippen LogP contribution in [0.4, 0.5) is 0 Å². The fraction of sp³-hybridized carbons (Fsp3) is 0.318. The molecule has 1 fully saturated rings. The van der Waals surface area contributed by atoms with Gasteiger partial charge in [-0.3, -0.25) is 4.79 Å². The molecule has 7 heteroatoms. The monoisotopic (exact) mass is 393 g/mol. The van der Waals surface area contributed by atoms with E-state index in [2.05, 4.69) is 10.1 Å². The highest BCUT2D eigenvalue weighted by molar-refractivity contribution is 5.78. The number of nitrogens with zero attached hydrogens (tertiary/aromatic N) is 3. The molecule has 1 amide bonds. The molecule has 1 aliphatic heterocycles. The Balaban J connectivity index is 1.15. The van der Waals surface area contributed by atoms with Crippen LogP contribution >= 0.6 is 0 Å². The van der Waals surface area contributed by atoms with E-state index >= 15 is 0 Å². The summed E-state index contributed by atoms with van der Waals surface area (Å²) in [5.74, 6) is 1.94. The van der Waals surface area contributed by atoms with Crippen LogP contribution in [0.2, 0.25) is 0 Å². The first kappa shape index (κ1) is 19.1. The molecule has 1 aliphatic rings. The highest BCUT2D eigenvalue weighted by atomic mass is 16.5. The molecule has 1 aromatic heterocycles. The largest absolute Gasteiger partial charge is 0.484 e. The molecular weight excluding hydrogens is 370 g/mol. The first-order valence-corrected chi connectivity index (χ1v) is 9.68. The Labute approximate surface area is 169 Å². The molecule has 0 saturated carbocycles. The standard InChI is InChI=1S/C22H23N3O4/c26-21(16-28-19-9-5-2-6-10-19)25-13-18(14-25)22-23-20(24-29-22)11-12-27-15-17-7-3-1-4-8-17/h1-10,18H,11-16H2. The molecule has 29 heavy (non-hydrogen) atoms. The number of carbonyl (C=O) groups is 1. The zero-order valence-corrected chi connectivity index (χ0v) is 16.1. The summed E-state index contributed by atoms with van der Waals surface area (Å²) in [4.78, 5) is 18.4. The molecule has 0 atom stereocenters. The van der Waals surface area contributed by atoms with Crippen LogP contribution in [0.5, 0.6) is 5.75 Å². The fourth-order valence-electron chi connectivity index (χ4n) is 3.05. The van der Waals surface area contributed by atoms with E-state index in [-0.39, 0.29) is 18.4 Å². The highest BCUT2D eigenvalue weighted by Crippen LogP contribution is 2.26. The van der Waals surface area contributed by atoms with E-state index in [9.17, 15) is 4.79 Å². The number of amides is 1. The maximum atomic E-state index is 12.2. The van der Waals surface area contributed by atoms with Crippen molar-refractivity contribution in [2.24, 2.45) is 0 Å². The van der Waals surface area contributed by atoms with Crippen molar-refractivity contribution in [2.45, 2.75) is 18.9 Å². The van der Waals surface area contributed by atoms with Crippen LogP contribution in [-0.2, 0) is 22.6 Å². The summed E-state index contributed by atoms with van der Waals surface area (Å²) in [5, 5.41) is 4.02. The molecule has 0 unspecified atom stereocenters. The van der Waals surface area contributed by atoms with Crippen LogP contribution in [0, 0.1) is 0 Å². The van der Waals surface area contributed by atoms with Gasteiger partial charge in [-0.2, -0.15) is 4.98 Å². The van der Waals surface area contributed by atoms with Crippen LogP contribution < -0.4 is 4.74 Å². The second kappa shape index (κ2) is 9.34. The Bertz CT molecular complexity index is 908. The van der Waals surface area contributed by atoms with Gasteiger partial charge >= 0.3 is 0 Å². The third-order valence-corrected chi connectivity index (χ3v) is 4.75. The quantitative estimate of drug-likeness (QED) is 0.520. The van der Waals surface area contributed by atoms with Gasteiger partial charge in [-0.05, 0) is 17.7 Å². The number of carbonyl (C=O) groups excluding carboxylic acids is 1. The highest BCUT2D eigenvalue weighted by Gasteiger charge is 2.35. The minimum Gasteiger partial charge on any atom is -0.484 e. The number of benzene rings is 2. The van der Waals surface area contributed by atoms with Gasteiger partial charge in [-0.15, -0.1) is 0 Å². The third kappa shape index (κ3) is 5.20. The lowest BCUT2D eigenvalue weighted by molar-refractivity contribution is -0.138. The topological polar surface area (TPSA) is 77.7 Å². The van der Waals surface area contributed by atoms with Gasteiger partial charge in [-0.25, -0.2) is 0 Å². The summed E-state index contributed by atoms with van der Waals surface area (Å²) in [6.45, 7) is 2.27. The van der Waals surface area contributed by atoms with Gasteiger partial charge in [0.25, 0.3) is 5.91 Å². The molecule has 0 aliphatic carbocycles. The molecule has 4 rings (SSSR count). The summed E-state index contributed by atoms with van der Waals surface area (Å²) in [7, 11) is 0.